The third-order valence-electron chi connectivity index (χ3n) is 6.00. The highest BCUT2D eigenvalue weighted by Gasteiger charge is 2.19. The molecule has 0 fully saturated rings. The second kappa shape index (κ2) is 8.35. The molecule has 3 nitrogen and oxygen atoms in total. The van der Waals surface area contributed by atoms with Crippen molar-refractivity contribution in [3.05, 3.63) is 77.6 Å². The lowest BCUT2D eigenvalue weighted by molar-refractivity contribution is 0.596. The van der Waals surface area contributed by atoms with E-state index in [1.54, 1.807) is 17.7 Å². The van der Waals surface area contributed by atoms with E-state index in [4.69, 9.17) is 4.98 Å². The van der Waals surface area contributed by atoms with Crippen LogP contribution in [0.2, 0.25) is 0 Å². The van der Waals surface area contributed by atoms with Gasteiger partial charge in [-0.2, -0.15) is 0 Å². The lowest BCUT2D eigenvalue weighted by atomic mass is 9.82. The smallest absolute Gasteiger partial charge is 0.116 e. The van der Waals surface area contributed by atoms with Crippen LogP contribution in [-0.2, 0) is 11.8 Å². The van der Waals surface area contributed by atoms with Gasteiger partial charge in [0.15, 0.2) is 0 Å². The Balaban J connectivity index is 1.65. The average molecular weight is 452 g/mol. The molecule has 0 bridgehead atoms. The quantitative estimate of drug-likeness (QED) is 0.277. The molecule has 0 amide bonds. The van der Waals surface area contributed by atoms with Crippen molar-refractivity contribution in [3.63, 3.8) is 0 Å². The maximum atomic E-state index is 5.05. The molecule has 5 rings (SSSR count). The summed E-state index contributed by atoms with van der Waals surface area (Å²) in [5.41, 5.74) is 6.33. The van der Waals surface area contributed by atoms with Gasteiger partial charge in [-0.15, -0.1) is 11.3 Å². The topological polar surface area (TPSA) is 38.7 Å². The number of rotatable bonds is 4. The highest BCUT2D eigenvalue weighted by atomic mass is 32.1. The Labute approximate surface area is 199 Å². The molecule has 0 aliphatic carbocycles. The Kier molecular flexibility index (Phi) is 5.49. The van der Waals surface area contributed by atoms with E-state index in [1.165, 1.54) is 26.4 Å². The van der Waals surface area contributed by atoms with Gasteiger partial charge in [-0.3, -0.25) is 0 Å². The molecule has 0 saturated heterocycles. The maximum Gasteiger partial charge on any atom is 0.116 e. The molecule has 166 valence electrons. The molecule has 2 aromatic carbocycles. The van der Waals surface area contributed by atoms with Gasteiger partial charge in [-0.1, -0.05) is 58.9 Å². The number of nitrogens with zero attached hydrogens (tertiary/aromatic N) is 3. The first-order valence-corrected chi connectivity index (χ1v) is 12.4. The molecule has 0 saturated carbocycles. The molecule has 0 unspecified atom stereocenters. The Bertz CT molecular complexity index is 1460. The third kappa shape index (κ3) is 4.28. The van der Waals surface area contributed by atoms with E-state index in [-0.39, 0.29) is 5.41 Å². The van der Waals surface area contributed by atoms with E-state index in [0.29, 0.717) is 5.92 Å². The number of fused-ring (bicyclic) bond motifs is 2. The van der Waals surface area contributed by atoms with Gasteiger partial charge in [0.2, 0.25) is 0 Å². The normalized spacial score (nSPS) is 12.2. The minimum absolute atomic E-state index is 0.0305. The zero-order valence-corrected chi connectivity index (χ0v) is 20.7. The minimum Gasteiger partial charge on any atom is -0.250 e. The summed E-state index contributed by atoms with van der Waals surface area (Å²) in [5, 5.41) is 5.92. The predicted molar refractivity (Wildman–Crippen MR) is 141 cm³/mol. The monoisotopic (exact) mass is 451 g/mol. The fourth-order valence-electron chi connectivity index (χ4n) is 4.43. The first-order chi connectivity index (χ1) is 15.8. The van der Waals surface area contributed by atoms with Crippen LogP contribution in [0.1, 0.15) is 45.9 Å². The van der Waals surface area contributed by atoms with Gasteiger partial charge < -0.3 is 0 Å². The summed E-state index contributed by atoms with van der Waals surface area (Å²) in [5.74, 6) is 0.549. The molecule has 0 radical (unpaired) electrons. The highest BCUT2D eigenvalue weighted by molar-refractivity contribution is 7.17. The van der Waals surface area contributed by atoms with E-state index < -0.39 is 0 Å². The second-order valence-corrected chi connectivity index (χ2v) is 11.1. The van der Waals surface area contributed by atoms with Crippen molar-refractivity contribution in [2.75, 3.05) is 0 Å². The largest absolute Gasteiger partial charge is 0.250 e. The predicted octanol–water partition coefficient (Wildman–Crippen LogP) is 8.07. The number of aromatic nitrogens is 3. The fraction of sp³-hybridized carbons (Fsp3) is 0.276. The van der Waals surface area contributed by atoms with Crippen LogP contribution in [0.5, 0.6) is 0 Å². The van der Waals surface area contributed by atoms with Crippen LogP contribution in [0.15, 0.2) is 66.3 Å². The van der Waals surface area contributed by atoms with Gasteiger partial charge in [-0.05, 0) is 75.2 Å². The summed E-state index contributed by atoms with van der Waals surface area (Å²) in [7, 11) is 0. The van der Waals surface area contributed by atoms with Crippen molar-refractivity contribution >= 4 is 32.2 Å². The number of hydrogen-bond donors (Lipinski definition) is 0. The molecule has 0 aliphatic heterocycles. The minimum atomic E-state index is 0.0305. The molecule has 0 N–H and O–H groups in total. The van der Waals surface area contributed by atoms with E-state index in [2.05, 4.69) is 105 Å². The lowest BCUT2D eigenvalue weighted by Crippen LogP contribution is -2.12. The number of hydrogen-bond acceptors (Lipinski definition) is 4. The van der Waals surface area contributed by atoms with Gasteiger partial charge >= 0.3 is 0 Å². The molecular weight excluding hydrogens is 422 g/mol. The zero-order chi connectivity index (χ0) is 23.2. The molecule has 3 heterocycles. The Hall–Kier alpha value is -3.11. The van der Waals surface area contributed by atoms with Gasteiger partial charge in [0.1, 0.15) is 6.33 Å². The molecule has 5 aromatic rings. The summed E-state index contributed by atoms with van der Waals surface area (Å²) >= 11 is 1.77. The van der Waals surface area contributed by atoms with Gasteiger partial charge in [0.05, 0.1) is 27.5 Å². The molecule has 0 atom stereocenters. The number of benzene rings is 2. The SMILES string of the molecule is CC(C)Cc1nc(-c2cc(-c3cc(C(C)(C)C)c4ccccc4c3)ncn2)cc2ccsc12. The Morgan fingerprint density at radius 1 is 0.848 bits per heavy atom. The van der Waals surface area contributed by atoms with Crippen LogP contribution in [-0.4, -0.2) is 15.0 Å². The Morgan fingerprint density at radius 2 is 1.64 bits per heavy atom. The highest BCUT2D eigenvalue weighted by Crippen LogP contribution is 2.35. The summed E-state index contributed by atoms with van der Waals surface area (Å²) in [6.45, 7) is 11.3. The van der Waals surface area contributed by atoms with E-state index >= 15 is 0 Å². The summed E-state index contributed by atoms with van der Waals surface area (Å²) < 4.78 is 1.28. The molecule has 0 aliphatic rings. The van der Waals surface area contributed by atoms with Crippen LogP contribution in [0.25, 0.3) is 43.5 Å². The van der Waals surface area contributed by atoms with Crippen molar-refractivity contribution in [2.45, 2.75) is 46.5 Å². The van der Waals surface area contributed by atoms with Gasteiger partial charge in [0.25, 0.3) is 0 Å². The zero-order valence-electron chi connectivity index (χ0n) is 19.9. The summed E-state index contributed by atoms with van der Waals surface area (Å²) in [6, 6.07) is 19.5. The van der Waals surface area contributed by atoms with Gasteiger partial charge in [-0.25, -0.2) is 15.0 Å². The second-order valence-electron chi connectivity index (χ2n) is 10.2. The van der Waals surface area contributed by atoms with E-state index in [0.717, 1.165) is 34.8 Å². The van der Waals surface area contributed by atoms with Crippen molar-refractivity contribution in [1.29, 1.82) is 0 Å². The van der Waals surface area contributed by atoms with Crippen LogP contribution < -0.4 is 0 Å². The third-order valence-corrected chi connectivity index (χ3v) is 6.98. The lowest BCUT2D eigenvalue weighted by Gasteiger charge is -2.22. The van der Waals surface area contributed by atoms with E-state index in [9.17, 15) is 0 Å². The first-order valence-electron chi connectivity index (χ1n) is 11.5. The molecule has 3 aromatic heterocycles. The van der Waals surface area contributed by atoms with Crippen LogP contribution in [0.3, 0.4) is 0 Å². The maximum absolute atomic E-state index is 5.05. The van der Waals surface area contributed by atoms with Crippen LogP contribution in [0, 0.1) is 5.92 Å². The van der Waals surface area contributed by atoms with Crippen LogP contribution >= 0.6 is 11.3 Å². The standard InChI is InChI=1S/C29H29N3S/c1-18(2)12-27-28-20(10-11-33-28)15-26(32-27)25-16-24(30-17-31-25)21-13-19-8-6-7-9-22(19)23(14-21)29(3,4)5/h6-11,13-18H,12H2,1-5H3. The molecular formula is C29H29N3S. The van der Waals surface area contributed by atoms with E-state index in [1.807, 2.05) is 0 Å². The molecule has 0 spiro atoms. The van der Waals surface area contributed by atoms with Crippen molar-refractivity contribution < 1.29 is 0 Å². The van der Waals surface area contributed by atoms with Crippen molar-refractivity contribution in [3.8, 4) is 22.6 Å². The molecule has 33 heavy (non-hydrogen) atoms. The number of thiophene rings is 1. The average Bonchev–Trinajstić information content (AvgIpc) is 3.26. The number of pyridine rings is 1. The summed E-state index contributed by atoms with van der Waals surface area (Å²) in [4.78, 5) is 14.3. The Morgan fingerprint density at radius 3 is 2.42 bits per heavy atom. The summed E-state index contributed by atoms with van der Waals surface area (Å²) in [6.07, 6.45) is 2.63. The van der Waals surface area contributed by atoms with Crippen molar-refractivity contribution in [2.24, 2.45) is 5.92 Å². The first kappa shape index (κ1) is 21.7. The van der Waals surface area contributed by atoms with Crippen LogP contribution in [0.4, 0.5) is 0 Å². The van der Waals surface area contributed by atoms with Gasteiger partial charge in [0, 0.05) is 5.56 Å². The molecule has 4 heteroatoms. The van der Waals surface area contributed by atoms with Crippen molar-refractivity contribution in [1.82, 2.24) is 15.0 Å². The fourth-order valence-corrected chi connectivity index (χ4v) is 5.31.